The Morgan fingerprint density at radius 3 is 2.57 bits per heavy atom. The molecule has 0 aromatic heterocycles. The van der Waals surface area contributed by atoms with Crippen LogP contribution in [0.1, 0.15) is 18.9 Å². The van der Waals surface area contributed by atoms with E-state index >= 15 is 0 Å². The number of benzene rings is 1. The summed E-state index contributed by atoms with van der Waals surface area (Å²) in [6.07, 6.45) is 6.89. The fourth-order valence-corrected chi connectivity index (χ4v) is 1.95. The van der Waals surface area contributed by atoms with Crippen molar-refractivity contribution in [2.45, 2.75) is 13.3 Å². The summed E-state index contributed by atoms with van der Waals surface area (Å²) in [6.45, 7) is 1.86. The number of carbonyl (C=O) groups excluding carboxylic acids is 3. The van der Waals surface area contributed by atoms with E-state index in [0.717, 1.165) is 5.56 Å². The molecule has 0 unspecified atom stereocenters. The van der Waals surface area contributed by atoms with E-state index in [-0.39, 0.29) is 17.7 Å². The van der Waals surface area contributed by atoms with E-state index in [9.17, 15) is 14.4 Å². The Morgan fingerprint density at radius 1 is 1.24 bits per heavy atom. The second-order valence-corrected chi connectivity index (χ2v) is 4.66. The molecule has 21 heavy (non-hydrogen) atoms. The molecule has 1 aliphatic heterocycles. The lowest BCUT2D eigenvalue weighted by atomic mass is 10.2. The van der Waals surface area contributed by atoms with Crippen molar-refractivity contribution in [3.63, 3.8) is 0 Å². The Bertz CT molecular complexity index is 615. The largest absolute Gasteiger partial charge is 0.326 e. The van der Waals surface area contributed by atoms with Crippen LogP contribution < -0.4 is 5.32 Å². The lowest BCUT2D eigenvalue weighted by Crippen LogP contribution is -2.37. The zero-order valence-corrected chi connectivity index (χ0v) is 11.7. The van der Waals surface area contributed by atoms with Crippen LogP contribution in [0.25, 0.3) is 6.08 Å². The number of rotatable bonds is 3. The number of anilines is 1. The van der Waals surface area contributed by atoms with Gasteiger partial charge in [0, 0.05) is 25.2 Å². The van der Waals surface area contributed by atoms with E-state index in [0.29, 0.717) is 18.7 Å². The van der Waals surface area contributed by atoms with Gasteiger partial charge in [0.25, 0.3) is 11.8 Å². The Hall–Kier alpha value is -2.69. The highest BCUT2D eigenvalue weighted by atomic mass is 16.2. The maximum atomic E-state index is 11.9. The zero-order chi connectivity index (χ0) is 15.2. The molecule has 0 bridgehead atoms. The molecule has 0 saturated carbocycles. The lowest BCUT2D eigenvalue weighted by molar-refractivity contribution is -0.139. The molecular weight excluding hydrogens is 268 g/mol. The van der Waals surface area contributed by atoms with Gasteiger partial charge >= 0.3 is 0 Å². The first-order valence-electron chi connectivity index (χ1n) is 6.64. The normalized spacial score (nSPS) is 14.5. The molecule has 0 fully saturated rings. The van der Waals surface area contributed by atoms with Crippen molar-refractivity contribution in [3.8, 4) is 0 Å². The number of hydrogen-bond donors (Lipinski definition) is 1. The lowest BCUT2D eigenvalue weighted by Gasteiger charge is -2.19. The van der Waals surface area contributed by atoms with Gasteiger partial charge < -0.3 is 5.32 Å². The molecule has 1 heterocycles. The molecule has 1 aromatic carbocycles. The first-order valence-corrected chi connectivity index (χ1v) is 6.64. The van der Waals surface area contributed by atoms with Crippen molar-refractivity contribution >= 4 is 29.5 Å². The number of nitrogens with zero attached hydrogens (tertiary/aromatic N) is 1. The van der Waals surface area contributed by atoms with Crippen LogP contribution in [0, 0.1) is 0 Å². The molecule has 2 rings (SSSR count). The van der Waals surface area contributed by atoms with Gasteiger partial charge in [-0.2, -0.15) is 0 Å². The quantitative estimate of drug-likeness (QED) is 0.863. The van der Waals surface area contributed by atoms with Crippen molar-refractivity contribution in [3.05, 3.63) is 48.1 Å². The summed E-state index contributed by atoms with van der Waals surface area (Å²) in [7, 11) is 0. The Labute approximate surface area is 122 Å². The molecule has 108 valence electrons. The summed E-state index contributed by atoms with van der Waals surface area (Å²) in [5.74, 6) is -0.739. The van der Waals surface area contributed by atoms with E-state index in [4.69, 9.17) is 0 Å². The standard InChI is InChI=1S/C16H16N2O3/c1-12(19)17-14-8-5-13(6-9-14)7-10-16(21)18-11-3-2-4-15(18)20/h2,4-10H,3,11H2,1H3,(H,17,19). The van der Waals surface area contributed by atoms with Crippen molar-refractivity contribution < 1.29 is 14.4 Å². The molecule has 5 heteroatoms. The topological polar surface area (TPSA) is 66.5 Å². The molecule has 3 amide bonds. The second kappa shape index (κ2) is 6.65. The molecule has 1 aromatic rings. The number of amides is 3. The third kappa shape index (κ3) is 4.14. The molecule has 5 nitrogen and oxygen atoms in total. The van der Waals surface area contributed by atoms with Gasteiger partial charge in [0.1, 0.15) is 0 Å². The van der Waals surface area contributed by atoms with Crippen LogP contribution >= 0.6 is 0 Å². The van der Waals surface area contributed by atoms with Crippen molar-refractivity contribution in [1.29, 1.82) is 0 Å². The average molecular weight is 284 g/mol. The minimum Gasteiger partial charge on any atom is -0.326 e. The Morgan fingerprint density at radius 2 is 1.95 bits per heavy atom. The summed E-state index contributed by atoms with van der Waals surface area (Å²) in [5, 5.41) is 2.66. The van der Waals surface area contributed by atoms with E-state index in [1.807, 2.05) is 0 Å². The highest BCUT2D eigenvalue weighted by Gasteiger charge is 2.18. The predicted octanol–water partition coefficient (Wildman–Crippen LogP) is 1.97. The second-order valence-electron chi connectivity index (χ2n) is 4.66. The van der Waals surface area contributed by atoms with Gasteiger partial charge in [0.15, 0.2) is 0 Å². The highest BCUT2D eigenvalue weighted by Crippen LogP contribution is 2.11. The smallest absolute Gasteiger partial charge is 0.253 e. The van der Waals surface area contributed by atoms with Crippen molar-refractivity contribution in [1.82, 2.24) is 4.90 Å². The van der Waals surface area contributed by atoms with Crippen LogP contribution in [0.4, 0.5) is 5.69 Å². The summed E-state index contributed by atoms with van der Waals surface area (Å²) in [4.78, 5) is 35.6. The molecule has 1 aliphatic rings. The molecular formula is C16H16N2O3. The zero-order valence-electron chi connectivity index (χ0n) is 11.7. The van der Waals surface area contributed by atoms with Gasteiger partial charge in [0.2, 0.25) is 5.91 Å². The first kappa shape index (κ1) is 14.7. The van der Waals surface area contributed by atoms with Gasteiger partial charge in [-0.25, -0.2) is 0 Å². The van der Waals surface area contributed by atoms with Gasteiger partial charge in [-0.05, 0) is 36.3 Å². The number of carbonyl (C=O) groups is 3. The molecule has 0 saturated heterocycles. The summed E-state index contributed by atoms with van der Waals surface area (Å²) in [5.41, 5.74) is 1.51. The summed E-state index contributed by atoms with van der Waals surface area (Å²) in [6, 6.07) is 7.07. The van der Waals surface area contributed by atoms with E-state index in [1.54, 1.807) is 36.4 Å². The minimum absolute atomic E-state index is 0.134. The highest BCUT2D eigenvalue weighted by molar-refractivity contribution is 6.06. The van der Waals surface area contributed by atoms with Gasteiger partial charge in [-0.15, -0.1) is 0 Å². The van der Waals surface area contributed by atoms with Crippen LogP contribution in [0.5, 0.6) is 0 Å². The van der Waals surface area contributed by atoms with E-state index < -0.39 is 0 Å². The summed E-state index contributed by atoms with van der Waals surface area (Å²) >= 11 is 0. The van der Waals surface area contributed by atoms with Crippen molar-refractivity contribution in [2.75, 3.05) is 11.9 Å². The minimum atomic E-state index is -0.324. The van der Waals surface area contributed by atoms with E-state index in [2.05, 4.69) is 5.32 Å². The van der Waals surface area contributed by atoms with Crippen molar-refractivity contribution in [2.24, 2.45) is 0 Å². The monoisotopic (exact) mass is 284 g/mol. The number of imide groups is 1. The van der Waals surface area contributed by atoms with Gasteiger partial charge in [-0.1, -0.05) is 18.2 Å². The Kier molecular flexibility index (Phi) is 4.66. The van der Waals surface area contributed by atoms with Gasteiger partial charge in [0.05, 0.1) is 0 Å². The average Bonchev–Trinajstić information content (AvgIpc) is 2.46. The van der Waals surface area contributed by atoms with Crippen LogP contribution in [-0.2, 0) is 14.4 Å². The summed E-state index contributed by atoms with van der Waals surface area (Å²) < 4.78 is 0. The van der Waals surface area contributed by atoms with Crippen LogP contribution in [0.2, 0.25) is 0 Å². The molecule has 0 spiro atoms. The third-order valence-electron chi connectivity index (χ3n) is 2.96. The van der Waals surface area contributed by atoms with Crippen LogP contribution in [0.3, 0.4) is 0 Å². The maximum absolute atomic E-state index is 11.9. The number of hydrogen-bond acceptors (Lipinski definition) is 3. The van der Waals surface area contributed by atoms with Crippen LogP contribution in [-0.4, -0.2) is 29.2 Å². The first-order chi connectivity index (χ1) is 10.1. The molecule has 1 N–H and O–H groups in total. The van der Waals surface area contributed by atoms with Gasteiger partial charge in [-0.3, -0.25) is 19.3 Å². The Balaban J connectivity index is 2.00. The number of nitrogens with one attached hydrogen (secondary N) is 1. The maximum Gasteiger partial charge on any atom is 0.253 e. The third-order valence-corrected chi connectivity index (χ3v) is 2.96. The predicted molar refractivity (Wildman–Crippen MR) is 80.3 cm³/mol. The SMILES string of the molecule is CC(=O)Nc1ccc(C=CC(=O)N2CCC=CC2=O)cc1. The fraction of sp³-hybridized carbons (Fsp3) is 0.188. The molecule has 0 aliphatic carbocycles. The van der Waals surface area contributed by atoms with Crippen LogP contribution in [0.15, 0.2) is 42.5 Å². The fourth-order valence-electron chi connectivity index (χ4n) is 1.95. The molecule has 0 atom stereocenters. The van der Waals surface area contributed by atoms with E-state index in [1.165, 1.54) is 24.0 Å². The molecule has 0 radical (unpaired) electrons.